The first-order valence-corrected chi connectivity index (χ1v) is 7.09. The maximum absolute atomic E-state index is 10.7. The molecule has 0 spiro atoms. The normalized spacial score (nSPS) is 10.6. The average Bonchev–Trinajstić information content (AvgIpc) is 2.48. The zero-order valence-electron chi connectivity index (χ0n) is 14.0. The van der Waals surface area contributed by atoms with Crippen molar-refractivity contribution in [2.24, 2.45) is 5.73 Å². The molecule has 1 aromatic carbocycles. The van der Waals surface area contributed by atoms with Gasteiger partial charge in [0.25, 0.3) is 0 Å². The summed E-state index contributed by atoms with van der Waals surface area (Å²) in [7, 11) is 0. The summed E-state index contributed by atoms with van der Waals surface area (Å²) in [5.74, 6) is 0.826. The number of hydrogen-bond acceptors (Lipinski definition) is 5. The molecular formula is C17H24N2O4. The van der Waals surface area contributed by atoms with Gasteiger partial charge >= 0.3 is 11.9 Å². The van der Waals surface area contributed by atoms with Crippen LogP contribution in [0.2, 0.25) is 0 Å². The Labute approximate surface area is 137 Å². The number of benzene rings is 1. The third-order valence-electron chi connectivity index (χ3n) is 2.89. The number of carbonyl (C=O) groups is 2. The van der Waals surface area contributed by atoms with E-state index >= 15 is 0 Å². The molecule has 23 heavy (non-hydrogen) atoms. The first kappa shape index (κ1) is 20.5. The van der Waals surface area contributed by atoms with Gasteiger partial charge in [0.15, 0.2) is 6.61 Å². The van der Waals surface area contributed by atoms with Crippen molar-refractivity contribution in [2.45, 2.75) is 33.7 Å². The molecule has 0 amide bonds. The number of carbonyl (C=O) groups excluding carboxylic acids is 1. The number of terminal acetylenes is 1. The van der Waals surface area contributed by atoms with Gasteiger partial charge in [0.1, 0.15) is 6.04 Å². The van der Waals surface area contributed by atoms with E-state index in [1.807, 2.05) is 32.9 Å². The van der Waals surface area contributed by atoms with Gasteiger partial charge in [-0.1, -0.05) is 23.6 Å². The van der Waals surface area contributed by atoms with Crippen LogP contribution in [0.1, 0.15) is 23.6 Å². The quantitative estimate of drug-likeness (QED) is 0.563. The van der Waals surface area contributed by atoms with E-state index in [9.17, 15) is 9.59 Å². The highest BCUT2D eigenvalue weighted by molar-refractivity contribution is 5.77. The molecule has 0 radical (unpaired) electrons. The third kappa shape index (κ3) is 7.88. The van der Waals surface area contributed by atoms with E-state index in [1.54, 1.807) is 6.92 Å². The zero-order chi connectivity index (χ0) is 18.0. The van der Waals surface area contributed by atoms with Crippen LogP contribution in [0.4, 0.5) is 5.69 Å². The van der Waals surface area contributed by atoms with Crippen LogP contribution in [-0.2, 0) is 14.3 Å². The van der Waals surface area contributed by atoms with Gasteiger partial charge in [-0.25, -0.2) is 0 Å². The van der Waals surface area contributed by atoms with Crippen molar-refractivity contribution in [3.63, 3.8) is 0 Å². The molecule has 0 bridgehead atoms. The number of carboxylic acid groups (broad SMARTS) is 1. The van der Waals surface area contributed by atoms with E-state index in [4.69, 9.17) is 17.3 Å². The fraction of sp³-hybridized carbons (Fsp3) is 0.412. The Balaban J connectivity index is 0.000000515. The number of esters is 1. The van der Waals surface area contributed by atoms with Crippen molar-refractivity contribution in [1.82, 2.24) is 0 Å². The Kier molecular flexibility index (Phi) is 9.12. The van der Waals surface area contributed by atoms with E-state index < -0.39 is 18.0 Å². The summed E-state index contributed by atoms with van der Waals surface area (Å²) in [6, 6.07) is 3.53. The molecule has 0 heterocycles. The second-order valence-corrected chi connectivity index (χ2v) is 5.05. The number of rotatable bonds is 5. The molecule has 0 aromatic heterocycles. The lowest BCUT2D eigenvalue weighted by Gasteiger charge is -2.16. The van der Waals surface area contributed by atoms with Crippen LogP contribution in [0.25, 0.3) is 0 Å². The standard InChI is InChI=1S/C12H17NO2.C5H7NO2/c1-7-5-8(2)11(9(3)6-7)13-10(4)12(14)15;1-2-3-8-5(7)4-6/h5-6,10,13H,1-4H3,(H,14,15);1H,3-4,6H2/t10-;/m0./s1. The van der Waals surface area contributed by atoms with Crippen molar-refractivity contribution in [3.8, 4) is 12.3 Å². The summed E-state index contributed by atoms with van der Waals surface area (Å²) in [5.41, 5.74) is 9.16. The van der Waals surface area contributed by atoms with E-state index in [0.29, 0.717) is 0 Å². The molecule has 0 unspecified atom stereocenters. The SMILES string of the molecule is C#CCOC(=O)CN.Cc1cc(C)c(N[C@@H](C)C(=O)O)c(C)c1. The molecule has 1 rings (SSSR count). The lowest BCUT2D eigenvalue weighted by Crippen LogP contribution is -2.26. The van der Waals surface area contributed by atoms with Crippen molar-refractivity contribution < 1.29 is 19.4 Å². The number of nitrogens with two attached hydrogens (primary N) is 1. The highest BCUT2D eigenvalue weighted by atomic mass is 16.5. The number of ether oxygens (including phenoxy) is 1. The molecule has 1 aromatic rings. The molecule has 0 aliphatic heterocycles. The van der Waals surface area contributed by atoms with Gasteiger partial charge in [-0.2, -0.15) is 0 Å². The fourth-order valence-corrected chi connectivity index (χ4v) is 1.87. The van der Waals surface area contributed by atoms with Crippen LogP contribution in [0, 0.1) is 33.1 Å². The van der Waals surface area contributed by atoms with Crippen LogP contribution in [0.3, 0.4) is 0 Å². The molecule has 0 aliphatic rings. The highest BCUT2D eigenvalue weighted by Gasteiger charge is 2.12. The first-order chi connectivity index (χ1) is 10.7. The van der Waals surface area contributed by atoms with Crippen molar-refractivity contribution >= 4 is 17.6 Å². The predicted molar refractivity (Wildman–Crippen MR) is 90.2 cm³/mol. The van der Waals surface area contributed by atoms with E-state index in [1.165, 1.54) is 5.56 Å². The van der Waals surface area contributed by atoms with Gasteiger partial charge in [0.05, 0.1) is 6.54 Å². The molecule has 6 heteroatoms. The third-order valence-corrected chi connectivity index (χ3v) is 2.89. The lowest BCUT2D eigenvalue weighted by atomic mass is 10.0. The number of aliphatic carboxylic acids is 1. The van der Waals surface area contributed by atoms with Crippen molar-refractivity contribution in [1.29, 1.82) is 0 Å². The highest BCUT2D eigenvalue weighted by Crippen LogP contribution is 2.22. The summed E-state index contributed by atoms with van der Waals surface area (Å²) in [4.78, 5) is 20.9. The molecule has 4 N–H and O–H groups in total. The minimum atomic E-state index is -0.839. The topological polar surface area (TPSA) is 102 Å². The summed E-state index contributed by atoms with van der Waals surface area (Å²) >= 11 is 0. The molecule has 0 fully saturated rings. The molecular weight excluding hydrogens is 296 g/mol. The van der Waals surface area contributed by atoms with Crippen LogP contribution in [0.15, 0.2) is 12.1 Å². The Morgan fingerprint density at radius 2 is 1.87 bits per heavy atom. The molecule has 1 atom stereocenters. The predicted octanol–water partition coefficient (Wildman–Crippen LogP) is 1.62. The van der Waals surface area contributed by atoms with Crippen LogP contribution in [0.5, 0.6) is 0 Å². The molecule has 0 saturated carbocycles. The monoisotopic (exact) mass is 320 g/mol. The van der Waals surface area contributed by atoms with Crippen LogP contribution >= 0.6 is 0 Å². The second-order valence-electron chi connectivity index (χ2n) is 5.05. The van der Waals surface area contributed by atoms with Crippen molar-refractivity contribution in [2.75, 3.05) is 18.5 Å². The number of hydrogen-bond donors (Lipinski definition) is 3. The Hall–Kier alpha value is -2.52. The smallest absolute Gasteiger partial charge is 0.325 e. The fourth-order valence-electron chi connectivity index (χ4n) is 1.87. The van der Waals surface area contributed by atoms with Crippen LogP contribution in [-0.4, -0.2) is 36.2 Å². The minimum Gasteiger partial charge on any atom is -0.480 e. The summed E-state index contributed by atoms with van der Waals surface area (Å²) in [6.45, 7) is 7.54. The Morgan fingerprint density at radius 1 is 1.35 bits per heavy atom. The van der Waals surface area contributed by atoms with Gasteiger partial charge in [0.2, 0.25) is 0 Å². The summed E-state index contributed by atoms with van der Waals surface area (Å²) in [6.07, 6.45) is 4.76. The lowest BCUT2D eigenvalue weighted by molar-refractivity contribution is -0.140. The minimum absolute atomic E-state index is 0.00995. The molecule has 0 saturated heterocycles. The number of anilines is 1. The Bertz CT molecular complexity index is 568. The largest absolute Gasteiger partial charge is 0.480 e. The second kappa shape index (κ2) is 10.2. The first-order valence-electron chi connectivity index (χ1n) is 7.09. The molecule has 126 valence electrons. The zero-order valence-corrected chi connectivity index (χ0v) is 14.0. The maximum atomic E-state index is 10.7. The number of carboxylic acids is 1. The van der Waals surface area contributed by atoms with E-state index in [-0.39, 0.29) is 13.2 Å². The van der Waals surface area contributed by atoms with Crippen molar-refractivity contribution in [3.05, 3.63) is 28.8 Å². The average molecular weight is 320 g/mol. The number of nitrogens with one attached hydrogen (secondary N) is 1. The summed E-state index contributed by atoms with van der Waals surface area (Å²) < 4.78 is 4.34. The summed E-state index contributed by atoms with van der Waals surface area (Å²) in [5, 5.41) is 11.8. The molecule has 6 nitrogen and oxygen atoms in total. The van der Waals surface area contributed by atoms with E-state index in [2.05, 4.69) is 16.0 Å². The Morgan fingerprint density at radius 3 is 2.26 bits per heavy atom. The van der Waals surface area contributed by atoms with Gasteiger partial charge < -0.3 is 20.9 Å². The number of aryl methyl sites for hydroxylation is 3. The van der Waals surface area contributed by atoms with Gasteiger partial charge in [0, 0.05) is 5.69 Å². The van der Waals surface area contributed by atoms with Gasteiger partial charge in [-0.15, -0.1) is 6.42 Å². The molecule has 0 aliphatic carbocycles. The van der Waals surface area contributed by atoms with Gasteiger partial charge in [-0.05, 0) is 38.8 Å². The van der Waals surface area contributed by atoms with Crippen LogP contribution < -0.4 is 11.1 Å². The van der Waals surface area contributed by atoms with Gasteiger partial charge in [-0.3, -0.25) is 9.59 Å². The maximum Gasteiger partial charge on any atom is 0.325 e. The van der Waals surface area contributed by atoms with E-state index in [0.717, 1.165) is 16.8 Å².